The molecule has 0 radical (unpaired) electrons. The first-order chi connectivity index (χ1) is 30.6. The summed E-state index contributed by atoms with van der Waals surface area (Å²) in [5.41, 5.74) is 0.842. The van der Waals surface area contributed by atoms with E-state index in [1.165, 1.54) is 24.3 Å². The van der Waals surface area contributed by atoms with Gasteiger partial charge in [-0.3, -0.25) is 0 Å². The molecule has 3 aliphatic rings. The molecule has 0 aliphatic carbocycles. The monoisotopic (exact) mass is 902 g/mol. The zero-order valence-corrected chi connectivity index (χ0v) is 36.8. The Balaban J connectivity index is 1.50. The van der Waals surface area contributed by atoms with Crippen LogP contribution in [0, 0.1) is 5.92 Å². The number of phenols is 2. The predicted molar refractivity (Wildman–Crippen MR) is 231 cm³/mol. The van der Waals surface area contributed by atoms with Crippen molar-refractivity contribution in [1.82, 2.24) is 0 Å². The first-order valence-corrected chi connectivity index (χ1v) is 21.8. The minimum Gasteiger partial charge on any atom is -0.508 e. The number of aliphatic hydroxyl groups is 7. The minimum atomic E-state index is -2.28. The fourth-order valence-corrected chi connectivity index (χ4v) is 7.30. The number of ether oxygens (including phenoxy) is 6. The van der Waals surface area contributed by atoms with Gasteiger partial charge in [-0.25, -0.2) is 9.59 Å². The van der Waals surface area contributed by atoms with Crippen molar-refractivity contribution in [3.8, 4) is 11.5 Å². The molecular weight excluding hydrogens is 837 g/mol. The molecule has 1 aromatic carbocycles. The molecule has 1 aromatic rings. The van der Waals surface area contributed by atoms with Gasteiger partial charge in [-0.05, 0) is 68.6 Å². The van der Waals surface area contributed by atoms with Crippen LogP contribution in [0.1, 0.15) is 83.8 Å². The predicted octanol–water partition coefficient (Wildman–Crippen LogP) is 3.04. The number of fused-ring (bicyclic) bond motifs is 2. The normalized spacial score (nSPS) is 30.2. The molecule has 1 spiro atoms. The number of aliphatic hydroxyl groups excluding tert-OH is 7. The van der Waals surface area contributed by atoms with Crippen LogP contribution in [0.2, 0.25) is 0 Å². The van der Waals surface area contributed by atoms with Gasteiger partial charge in [0, 0.05) is 18.2 Å². The first-order valence-electron chi connectivity index (χ1n) is 21.8. The van der Waals surface area contributed by atoms with E-state index in [-0.39, 0.29) is 29.9 Å². The Bertz CT molecular complexity index is 1840. The lowest BCUT2D eigenvalue weighted by atomic mass is 9.86. The van der Waals surface area contributed by atoms with Gasteiger partial charge < -0.3 is 74.4 Å². The van der Waals surface area contributed by atoms with E-state index in [0.717, 1.165) is 43.1 Å². The maximum atomic E-state index is 13.4. The maximum absolute atomic E-state index is 13.4. The standard InChI is InChI=1S/C47H66O17/c1-5-28(3)17-11-9-12-18-29(4)33(51)20-14-10-16-22-38(54)62-44-43(35(25-48)64-47(45(44)58)39-30(26-60-47)23-32(50)24-34(39)52)63-46-42(57)41(56)40(55)36(61-46)27-59-37(53)21-15-8-7-13-19-31(49)6-2/h7-10,12,14-16,18,21-24,28,31,33,35-36,40-46,48-52,55-58H,5-6,11,13,17,19-20,25-27H2,1-4H3. The summed E-state index contributed by atoms with van der Waals surface area (Å²) >= 11 is 0. The number of esters is 2. The lowest BCUT2D eigenvalue weighted by Gasteiger charge is -2.50. The van der Waals surface area contributed by atoms with E-state index in [9.17, 15) is 55.5 Å². The Morgan fingerprint density at radius 3 is 2.25 bits per heavy atom. The summed E-state index contributed by atoms with van der Waals surface area (Å²) in [6.07, 6.45) is 5.02. The molecule has 9 N–H and O–H groups in total. The number of hydrogen-bond acceptors (Lipinski definition) is 17. The molecule has 3 heterocycles. The molecule has 64 heavy (non-hydrogen) atoms. The van der Waals surface area contributed by atoms with Crippen molar-refractivity contribution in [2.75, 3.05) is 13.2 Å². The molecule has 356 valence electrons. The molecule has 0 bridgehead atoms. The van der Waals surface area contributed by atoms with Crippen LogP contribution in [0.15, 0.2) is 84.5 Å². The number of benzene rings is 1. The average Bonchev–Trinajstić information content (AvgIpc) is 3.64. The van der Waals surface area contributed by atoms with Crippen LogP contribution >= 0.6 is 0 Å². The van der Waals surface area contributed by atoms with Crippen LogP contribution in [-0.4, -0.2) is 138 Å². The zero-order valence-electron chi connectivity index (χ0n) is 36.8. The number of hydrogen-bond donors (Lipinski definition) is 9. The van der Waals surface area contributed by atoms with Gasteiger partial charge in [0.25, 0.3) is 0 Å². The van der Waals surface area contributed by atoms with Crippen LogP contribution in [0.25, 0.3) is 0 Å². The molecular formula is C47H66O17. The van der Waals surface area contributed by atoms with Gasteiger partial charge in [0.2, 0.25) is 5.79 Å². The highest BCUT2D eigenvalue weighted by Gasteiger charge is 2.63. The highest BCUT2D eigenvalue weighted by atomic mass is 16.8. The topological polar surface area (TPSA) is 272 Å². The van der Waals surface area contributed by atoms with E-state index in [1.54, 1.807) is 18.2 Å². The van der Waals surface area contributed by atoms with Crippen molar-refractivity contribution in [3.05, 3.63) is 95.7 Å². The van der Waals surface area contributed by atoms with Crippen molar-refractivity contribution >= 4 is 11.9 Å². The number of carbonyl (C=O) groups excluding carboxylic acids is 2. The second kappa shape index (κ2) is 25.5. The summed E-state index contributed by atoms with van der Waals surface area (Å²) in [6, 6.07) is 2.25. The zero-order chi connectivity index (χ0) is 47.0. The molecule has 17 heteroatoms. The van der Waals surface area contributed by atoms with Crippen molar-refractivity contribution in [1.29, 1.82) is 0 Å². The smallest absolute Gasteiger partial charge is 0.331 e. The van der Waals surface area contributed by atoms with E-state index in [1.807, 2.05) is 26.0 Å². The van der Waals surface area contributed by atoms with E-state index in [2.05, 4.69) is 19.9 Å². The van der Waals surface area contributed by atoms with Gasteiger partial charge in [0.1, 0.15) is 54.7 Å². The summed E-state index contributed by atoms with van der Waals surface area (Å²) in [6.45, 7) is 6.24. The van der Waals surface area contributed by atoms with E-state index in [4.69, 9.17) is 28.4 Å². The molecule has 4 rings (SSSR count). The lowest BCUT2D eigenvalue weighted by Crippen LogP contribution is -2.67. The van der Waals surface area contributed by atoms with Gasteiger partial charge in [-0.2, -0.15) is 0 Å². The molecule has 17 nitrogen and oxygen atoms in total. The molecule has 0 aromatic heterocycles. The molecule has 0 saturated carbocycles. The Kier molecular flexibility index (Phi) is 20.8. The summed E-state index contributed by atoms with van der Waals surface area (Å²) < 4.78 is 34.7. The maximum Gasteiger partial charge on any atom is 0.331 e. The van der Waals surface area contributed by atoms with Gasteiger partial charge in [-0.15, -0.1) is 0 Å². The van der Waals surface area contributed by atoms with Gasteiger partial charge in [-0.1, -0.05) is 81.9 Å². The Morgan fingerprint density at radius 1 is 0.859 bits per heavy atom. The third kappa shape index (κ3) is 14.1. The fraction of sp³-hybridized carbons (Fsp3) is 0.574. The Labute approximate surface area is 373 Å². The largest absolute Gasteiger partial charge is 0.508 e. The third-order valence-corrected chi connectivity index (χ3v) is 11.5. The molecule has 3 aliphatic heterocycles. The minimum absolute atomic E-state index is 0.118. The van der Waals surface area contributed by atoms with Crippen LogP contribution in [0.3, 0.4) is 0 Å². The number of phenolic OH excluding ortho intramolecular Hbond substituents is 2. The van der Waals surface area contributed by atoms with Crippen molar-refractivity contribution in [2.45, 2.75) is 152 Å². The lowest BCUT2D eigenvalue weighted by molar-refractivity contribution is -0.395. The highest BCUT2D eigenvalue weighted by molar-refractivity contribution is 5.82. The summed E-state index contributed by atoms with van der Waals surface area (Å²) in [5, 5.41) is 96.4. The molecule has 13 unspecified atom stereocenters. The quantitative estimate of drug-likeness (QED) is 0.0460. The van der Waals surface area contributed by atoms with Crippen LogP contribution in [0.4, 0.5) is 0 Å². The van der Waals surface area contributed by atoms with E-state index >= 15 is 0 Å². The molecule has 13 atom stereocenters. The van der Waals surface area contributed by atoms with Crippen LogP contribution in [-0.2, 0) is 50.4 Å². The fourth-order valence-electron chi connectivity index (χ4n) is 7.30. The molecule has 0 amide bonds. The number of carbonyl (C=O) groups is 2. The van der Waals surface area contributed by atoms with Crippen LogP contribution < -0.4 is 0 Å². The SMILES string of the molecule is CCC(C)CCC=CC=C(C)C(O)CC=CC=CC(=O)OC1C(OC2OC(COC(=O)C=CC=CCCC(O)CC)C(O)C(O)C2O)C(CO)OC2(OCc3cc(O)cc(O)c32)C1O. The number of rotatable bonds is 22. The average molecular weight is 903 g/mol. The van der Waals surface area contributed by atoms with Gasteiger partial charge in [0.05, 0.1) is 31.0 Å². The second-order valence-electron chi connectivity index (χ2n) is 16.3. The van der Waals surface area contributed by atoms with Gasteiger partial charge in [0.15, 0.2) is 18.5 Å². The third-order valence-electron chi connectivity index (χ3n) is 11.5. The van der Waals surface area contributed by atoms with Crippen molar-refractivity contribution < 1.29 is 84.0 Å². The number of allylic oxidation sites excluding steroid dienone is 8. The molecule has 2 saturated heterocycles. The Morgan fingerprint density at radius 2 is 1.55 bits per heavy atom. The molecule has 2 fully saturated rings. The summed E-state index contributed by atoms with van der Waals surface area (Å²) in [5.74, 6) is -4.36. The summed E-state index contributed by atoms with van der Waals surface area (Å²) in [4.78, 5) is 25.8. The Hall–Kier alpha value is -4.24. The van der Waals surface area contributed by atoms with E-state index < -0.39 is 104 Å². The highest BCUT2D eigenvalue weighted by Crippen LogP contribution is 2.51. The van der Waals surface area contributed by atoms with Crippen molar-refractivity contribution in [2.24, 2.45) is 5.92 Å². The van der Waals surface area contributed by atoms with E-state index in [0.29, 0.717) is 25.2 Å². The first kappa shape index (κ1) is 52.4. The van der Waals surface area contributed by atoms with Crippen LogP contribution in [0.5, 0.6) is 11.5 Å². The number of aromatic hydroxyl groups is 2. The second-order valence-corrected chi connectivity index (χ2v) is 16.3. The van der Waals surface area contributed by atoms with Crippen molar-refractivity contribution in [3.63, 3.8) is 0 Å². The summed E-state index contributed by atoms with van der Waals surface area (Å²) in [7, 11) is 0. The van der Waals surface area contributed by atoms with Gasteiger partial charge >= 0.3 is 11.9 Å².